The van der Waals surface area contributed by atoms with Gasteiger partial charge in [-0.25, -0.2) is 19.2 Å². The fourth-order valence-electron chi connectivity index (χ4n) is 1.25. The molecular formula is C11H7ClFN3O2. The summed E-state index contributed by atoms with van der Waals surface area (Å²) in [4.78, 5) is 18.3. The van der Waals surface area contributed by atoms with Gasteiger partial charge < -0.3 is 10.4 Å². The Balaban J connectivity index is 2.24. The Kier molecular flexibility index (Phi) is 3.38. The summed E-state index contributed by atoms with van der Waals surface area (Å²) in [6.45, 7) is 0. The van der Waals surface area contributed by atoms with Crippen molar-refractivity contribution in [2.24, 2.45) is 0 Å². The van der Waals surface area contributed by atoms with Crippen LogP contribution in [0.1, 0.15) is 10.4 Å². The molecule has 0 amide bonds. The Morgan fingerprint density at radius 1 is 1.33 bits per heavy atom. The van der Waals surface area contributed by atoms with Gasteiger partial charge in [0.25, 0.3) is 0 Å². The molecule has 92 valence electrons. The number of carboxylic acid groups (broad SMARTS) is 1. The minimum Gasteiger partial charge on any atom is -0.478 e. The van der Waals surface area contributed by atoms with Crippen LogP contribution in [0.4, 0.5) is 16.0 Å². The van der Waals surface area contributed by atoms with Gasteiger partial charge in [0.15, 0.2) is 0 Å². The van der Waals surface area contributed by atoms with Gasteiger partial charge in [-0.3, -0.25) is 0 Å². The smallest absolute Gasteiger partial charge is 0.335 e. The fraction of sp³-hybridized carbons (Fsp3) is 0. The molecule has 0 aliphatic carbocycles. The zero-order chi connectivity index (χ0) is 13.1. The number of nitrogens with one attached hydrogen (secondary N) is 1. The van der Waals surface area contributed by atoms with Gasteiger partial charge in [0.1, 0.15) is 5.82 Å². The van der Waals surface area contributed by atoms with Crippen LogP contribution in [0.5, 0.6) is 0 Å². The summed E-state index contributed by atoms with van der Waals surface area (Å²) in [5.41, 5.74) is -0.0441. The van der Waals surface area contributed by atoms with E-state index in [0.717, 1.165) is 6.07 Å². The molecule has 1 aromatic heterocycles. The number of halogens is 2. The number of aromatic nitrogens is 2. The van der Waals surface area contributed by atoms with Crippen LogP contribution in [0.2, 0.25) is 5.02 Å². The Morgan fingerprint density at radius 3 is 2.56 bits per heavy atom. The lowest BCUT2D eigenvalue weighted by atomic mass is 10.2. The molecule has 1 heterocycles. The van der Waals surface area contributed by atoms with Gasteiger partial charge in [0.05, 0.1) is 28.7 Å². The molecule has 7 heteroatoms. The van der Waals surface area contributed by atoms with Crippen LogP contribution < -0.4 is 5.32 Å². The van der Waals surface area contributed by atoms with E-state index in [4.69, 9.17) is 16.7 Å². The quantitative estimate of drug-likeness (QED) is 0.894. The van der Waals surface area contributed by atoms with E-state index < -0.39 is 11.8 Å². The van der Waals surface area contributed by atoms with Crippen LogP contribution in [0.3, 0.4) is 0 Å². The molecule has 0 atom stereocenters. The first-order valence-corrected chi connectivity index (χ1v) is 5.21. The molecule has 0 aliphatic heterocycles. The Hall–Kier alpha value is -2.21. The van der Waals surface area contributed by atoms with E-state index in [9.17, 15) is 9.18 Å². The van der Waals surface area contributed by atoms with E-state index in [1.165, 1.54) is 24.5 Å². The first-order valence-electron chi connectivity index (χ1n) is 4.83. The number of anilines is 2. The van der Waals surface area contributed by atoms with Crippen molar-refractivity contribution >= 4 is 29.2 Å². The predicted octanol–water partition coefficient (Wildman–Crippen LogP) is 2.71. The number of carboxylic acids is 1. The standard InChI is InChI=1S/C11H7ClFN3O2/c12-7-4-14-11(15-5-7)16-9-2-1-6(10(17)18)3-8(9)13/h1-5H,(H,17,18)(H,14,15,16). The van der Waals surface area contributed by atoms with Crippen molar-refractivity contribution in [3.8, 4) is 0 Å². The SMILES string of the molecule is O=C(O)c1ccc(Nc2ncc(Cl)cn2)c(F)c1. The Labute approximate surface area is 106 Å². The number of nitrogens with zero attached hydrogens (tertiary/aromatic N) is 2. The van der Waals surface area contributed by atoms with Crippen LogP contribution in [0.15, 0.2) is 30.6 Å². The molecule has 0 saturated heterocycles. The number of benzene rings is 1. The maximum Gasteiger partial charge on any atom is 0.335 e. The van der Waals surface area contributed by atoms with Crippen LogP contribution in [-0.4, -0.2) is 21.0 Å². The average Bonchev–Trinajstić information content (AvgIpc) is 2.34. The summed E-state index contributed by atoms with van der Waals surface area (Å²) < 4.78 is 13.6. The maximum atomic E-state index is 13.6. The minimum atomic E-state index is -1.19. The monoisotopic (exact) mass is 267 g/mol. The molecular weight excluding hydrogens is 261 g/mol. The average molecular weight is 268 g/mol. The molecule has 2 N–H and O–H groups in total. The molecule has 0 bridgehead atoms. The summed E-state index contributed by atoms with van der Waals surface area (Å²) in [6.07, 6.45) is 2.72. The molecule has 2 rings (SSSR count). The second-order valence-corrected chi connectivity index (χ2v) is 3.79. The second-order valence-electron chi connectivity index (χ2n) is 3.35. The largest absolute Gasteiger partial charge is 0.478 e. The Bertz CT molecular complexity index is 589. The van der Waals surface area contributed by atoms with E-state index in [-0.39, 0.29) is 17.2 Å². The zero-order valence-electron chi connectivity index (χ0n) is 8.89. The highest BCUT2D eigenvalue weighted by atomic mass is 35.5. The van der Waals surface area contributed by atoms with Gasteiger partial charge in [-0.2, -0.15) is 0 Å². The zero-order valence-corrected chi connectivity index (χ0v) is 9.65. The summed E-state index contributed by atoms with van der Waals surface area (Å²) in [5, 5.41) is 11.7. The van der Waals surface area contributed by atoms with Gasteiger partial charge >= 0.3 is 5.97 Å². The van der Waals surface area contributed by atoms with E-state index >= 15 is 0 Å². The molecule has 0 fully saturated rings. The first-order chi connectivity index (χ1) is 8.56. The van der Waals surface area contributed by atoms with Crippen LogP contribution in [0.25, 0.3) is 0 Å². The predicted molar refractivity (Wildman–Crippen MR) is 63.7 cm³/mol. The molecule has 0 spiro atoms. The Morgan fingerprint density at radius 2 is 2.00 bits per heavy atom. The van der Waals surface area contributed by atoms with Gasteiger partial charge in [0, 0.05) is 0 Å². The van der Waals surface area contributed by atoms with Crippen molar-refractivity contribution in [1.82, 2.24) is 9.97 Å². The van der Waals surface area contributed by atoms with Crippen LogP contribution in [-0.2, 0) is 0 Å². The third-order valence-electron chi connectivity index (χ3n) is 2.08. The highest BCUT2D eigenvalue weighted by molar-refractivity contribution is 6.30. The topological polar surface area (TPSA) is 75.1 Å². The van der Waals surface area contributed by atoms with Gasteiger partial charge in [-0.05, 0) is 18.2 Å². The van der Waals surface area contributed by atoms with Gasteiger partial charge in [-0.1, -0.05) is 11.6 Å². The van der Waals surface area contributed by atoms with Crippen molar-refractivity contribution < 1.29 is 14.3 Å². The number of hydrogen-bond acceptors (Lipinski definition) is 4. The van der Waals surface area contributed by atoms with E-state index in [0.29, 0.717) is 5.02 Å². The van der Waals surface area contributed by atoms with Crippen molar-refractivity contribution in [3.05, 3.63) is 47.0 Å². The molecule has 0 radical (unpaired) electrons. The number of rotatable bonds is 3. The highest BCUT2D eigenvalue weighted by Gasteiger charge is 2.09. The number of carbonyl (C=O) groups is 1. The first kappa shape index (κ1) is 12.3. The molecule has 0 saturated carbocycles. The lowest BCUT2D eigenvalue weighted by Crippen LogP contribution is -2.01. The minimum absolute atomic E-state index is 0.0855. The molecule has 5 nitrogen and oxygen atoms in total. The second kappa shape index (κ2) is 4.97. The van der Waals surface area contributed by atoms with Crippen molar-refractivity contribution in [1.29, 1.82) is 0 Å². The third kappa shape index (κ3) is 2.72. The molecule has 1 aromatic carbocycles. The third-order valence-corrected chi connectivity index (χ3v) is 2.28. The van der Waals surface area contributed by atoms with E-state index in [1.807, 2.05) is 0 Å². The lowest BCUT2D eigenvalue weighted by molar-refractivity contribution is 0.0696. The normalized spacial score (nSPS) is 10.1. The van der Waals surface area contributed by atoms with Crippen molar-refractivity contribution in [2.75, 3.05) is 5.32 Å². The lowest BCUT2D eigenvalue weighted by Gasteiger charge is -2.06. The molecule has 0 unspecified atom stereocenters. The molecule has 0 aliphatic rings. The summed E-state index contributed by atoms with van der Waals surface area (Å²) in [7, 11) is 0. The highest BCUT2D eigenvalue weighted by Crippen LogP contribution is 2.19. The van der Waals surface area contributed by atoms with Crippen LogP contribution in [0, 0.1) is 5.82 Å². The van der Waals surface area contributed by atoms with Crippen LogP contribution >= 0.6 is 11.6 Å². The number of aromatic carboxylic acids is 1. The van der Waals surface area contributed by atoms with Gasteiger partial charge in [0.2, 0.25) is 5.95 Å². The molecule has 2 aromatic rings. The van der Waals surface area contributed by atoms with Crippen molar-refractivity contribution in [2.45, 2.75) is 0 Å². The number of hydrogen-bond donors (Lipinski definition) is 2. The van der Waals surface area contributed by atoms with Crippen molar-refractivity contribution in [3.63, 3.8) is 0 Å². The fourth-order valence-corrected chi connectivity index (χ4v) is 1.34. The summed E-state index contributed by atoms with van der Waals surface area (Å²) in [5.74, 6) is -1.72. The molecule has 18 heavy (non-hydrogen) atoms. The summed E-state index contributed by atoms with van der Waals surface area (Å²) >= 11 is 5.61. The maximum absolute atomic E-state index is 13.6. The summed E-state index contributed by atoms with van der Waals surface area (Å²) in [6, 6.07) is 3.50. The van der Waals surface area contributed by atoms with E-state index in [1.54, 1.807) is 0 Å². The van der Waals surface area contributed by atoms with E-state index in [2.05, 4.69) is 15.3 Å². The van der Waals surface area contributed by atoms with Gasteiger partial charge in [-0.15, -0.1) is 0 Å².